The minimum atomic E-state index is -0.863. The number of hydrogen-bond acceptors (Lipinski definition) is 8. The molecule has 1 aliphatic rings. The van der Waals surface area contributed by atoms with E-state index in [2.05, 4.69) is 20.8 Å². The van der Waals surface area contributed by atoms with Crippen LogP contribution in [0.4, 0.5) is 0 Å². The highest BCUT2D eigenvalue weighted by molar-refractivity contribution is 5.70. The van der Waals surface area contributed by atoms with E-state index in [1.165, 1.54) is 57.8 Å². The van der Waals surface area contributed by atoms with Crippen LogP contribution >= 0.6 is 0 Å². The number of rotatable bonds is 30. The molecule has 0 bridgehead atoms. The summed E-state index contributed by atoms with van der Waals surface area (Å²) in [6, 6.07) is 0. The first kappa shape index (κ1) is 44.3. The van der Waals surface area contributed by atoms with E-state index in [1.807, 2.05) is 18.2 Å². The summed E-state index contributed by atoms with van der Waals surface area (Å²) in [5.41, 5.74) is 0. The fourth-order valence-electron chi connectivity index (χ4n) is 6.41. The second-order valence-corrected chi connectivity index (χ2v) is 14.2. The molecule has 0 amide bonds. The van der Waals surface area contributed by atoms with E-state index in [1.54, 1.807) is 6.08 Å². The maximum absolute atomic E-state index is 12.3. The van der Waals surface area contributed by atoms with Gasteiger partial charge in [-0.05, 0) is 43.9 Å². The molecule has 8 nitrogen and oxygen atoms in total. The first-order valence-electron chi connectivity index (χ1n) is 19.5. The summed E-state index contributed by atoms with van der Waals surface area (Å²) in [4.78, 5) is 24.4. The maximum atomic E-state index is 12.3. The van der Waals surface area contributed by atoms with E-state index in [0.717, 1.165) is 44.4 Å². The van der Waals surface area contributed by atoms with Crippen molar-refractivity contribution in [3.05, 3.63) is 24.3 Å². The zero-order chi connectivity index (χ0) is 35.4. The Kier molecular flexibility index (Phi) is 26.8. The zero-order valence-electron chi connectivity index (χ0n) is 30.7. The Hall–Kier alpha value is -1.74. The van der Waals surface area contributed by atoms with Gasteiger partial charge in [0, 0.05) is 25.2 Å². The second-order valence-electron chi connectivity index (χ2n) is 14.2. The molecule has 4 N–H and O–H groups in total. The second kappa shape index (κ2) is 29.0. The van der Waals surface area contributed by atoms with Gasteiger partial charge in [0.15, 0.2) is 6.10 Å². The highest BCUT2D eigenvalue weighted by atomic mass is 16.6. The molecule has 0 saturated heterocycles. The summed E-state index contributed by atoms with van der Waals surface area (Å²) in [7, 11) is 0. The molecule has 1 unspecified atom stereocenters. The third kappa shape index (κ3) is 22.1. The van der Waals surface area contributed by atoms with Crippen molar-refractivity contribution in [3.63, 3.8) is 0 Å². The van der Waals surface area contributed by atoms with E-state index in [9.17, 15) is 30.0 Å². The molecular weight excluding hydrogens is 608 g/mol. The van der Waals surface area contributed by atoms with Crippen LogP contribution in [-0.2, 0) is 19.1 Å². The monoisotopic (exact) mass is 681 g/mol. The number of aliphatic hydroxyl groups is 4. The van der Waals surface area contributed by atoms with Crippen LogP contribution in [-0.4, -0.2) is 70.0 Å². The topological polar surface area (TPSA) is 134 Å². The molecule has 48 heavy (non-hydrogen) atoms. The fraction of sp³-hybridized carbons (Fsp3) is 0.850. The van der Waals surface area contributed by atoms with Crippen LogP contribution in [0, 0.1) is 17.8 Å². The molecule has 1 fully saturated rings. The van der Waals surface area contributed by atoms with E-state index in [0.29, 0.717) is 38.5 Å². The van der Waals surface area contributed by atoms with Crippen LogP contribution in [0.5, 0.6) is 0 Å². The average molecular weight is 681 g/mol. The molecule has 0 aromatic rings. The summed E-state index contributed by atoms with van der Waals surface area (Å²) in [5, 5.41) is 40.7. The normalized spacial score (nSPS) is 21.6. The molecule has 0 aromatic heterocycles. The molecular formula is C40H72O8. The van der Waals surface area contributed by atoms with Crippen LogP contribution in [0.3, 0.4) is 0 Å². The molecule has 0 radical (unpaired) electrons. The summed E-state index contributed by atoms with van der Waals surface area (Å²) in [5.74, 6) is -0.237. The van der Waals surface area contributed by atoms with Gasteiger partial charge in [-0.25, -0.2) is 0 Å². The van der Waals surface area contributed by atoms with E-state index in [-0.39, 0.29) is 30.8 Å². The molecule has 0 aliphatic heterocycles. The maximum Gasteiger partial charge on any atom is 0.306 e. The van der Waals surface area contributed by atoms with Gasteiger partial charge in [-0.15, -0.1) is 0 Å². The van der Waals surface area contributed by atoms with Crippen molar-refractivity contribution in [1.29, 1.82) is 0 Å². The molecule has 0 heterocycles. The predicted molar refractivity (Wildman–Crippen MR) is 193 cm³/mol. The molecule has 7 atom stereocenters. The van der Waals surface area contributed by atoms with Crippen molar-refractivity contribution >= 4 is 11.9 Å². The Morgan fingerprint density at radius 1 is 0.792 bits per heavy atom. The molecule has 280 valence electrons. The Bertz CT molecular complexity index is 858. The van der Waals surface area contributed by atoms with Gasteiger partial charge in [0.05, 0.1) is 24.9 Å². The van der Waals surface area contributed by atoms with Gasteiger partial charge in [0.1, 0.15) is 6.61 Å². The van der Waals surface area contributed by atoms with Crippen molar-refractivity contribution < 1.29 is 39.5 Å². The highest BCUT2D eigenvalue weighted by Crippen LogP contribution is 2.36. The number of hydrogen-bond donors (Lipinski definition) is 4. The van der Waals surface area contributed by atoms with Gasteiger partial charge < -0.3 is 29.9 Å². The first-order chi connectivity index (χ1) is 23.2. The van der Waals surface area contributed by atoms with Crippen LogP contribution in [0.25, 0.3) is 0 Å². The molecule has 1 aliphatic carbocycles. The zero-order valence-corrected chi connectivity index (χ0v) is 30.7. The van der Waals surface area contributed by atoms with Crippen molar-refractivity contribution in [2.75, 3.05) is 13.2 Å². The first-order valence-corrected chi connectivity index (χ1v) is 19.5. The van der Waals surface area contributed by atoms with Crippen molar-refractivity contribution in [1.82, 2.24) is 0 Å². The predicted octanol–water partition coefficient (Wildman–Crippen LogP) is 8.13. The summed E-state index contributed by atoms with van der Waals surface area (Å²) in [6.45, 7) is 6.18. The minimum absolute atomic E-state index is 0.123. The average Bonchev–Trinajstić information content (AvgIpc) is 3.34. The van der Waals surface area contributed by atoms with Crippen LogP contribution in [0.2, 0.25) is 0 Å². The minimum Gasteiger partial charge on any atom is -0.462 e. The lowest BCUT2D eigenvalue weighted by molar-refractivity contribution is -0.161. The molecule has 0 spiro atoms. The lowest BCUT2D eigenvalue weighted by Crippen LogP contribution is -2.28. The molecule has 0 aromatic carbocycles. The summed E-state index contributed by atoms with van der Waals surface area (Å²) < 4.78 is 10.6. The van der Waals surface area contributed by atoms with E-state index < -0.39 is 37.0 Å². The number of unbranched alkanes of at least 4 members (excludes halogenated alkanes) is 12. The van der Waals surface area contributed by atoms with E-state index >= 15 is 0 Å². The van der Waals surface area contributed by atoms with Crippen molar-refractivity contribution in [2.24, 2.45) is 17.8 Å². The number of esters is 2. The third-order valence-electron chi connectivity index (χ3n) is 9.86. The largest absolute Gasteiger partial charge is 0.462 e. The van der Waals surface area contributed by atoms with E-state index in [4.69, 9.17) is 9.47 Å². The Labute approximate surface area is 292 Å². The Morgan fingerprint density at radius 3 is 2.06 bits per heavy atom. The quantitative estimate of drug-likeness (QED) is 0.0340. The van der Waals surface area contributed by atoms with Gasteiger partial charge in [-0.3, -0.25) is 9.59 Å². The van der Waals surface area contributed by atoms with Gasteiger partial charge in [-0.1, -0.05) is 135 Å². The number of carbonyl (C=O) groups excluding carboxylic acids is 2. The van der Waals surface area contributed by atoms with Crippen LogP contribution < -0.4 is 0 Å². The third-order valence-corrected chi connectivity index (χ3v) is 9.86. The number of ether oxygens (including phenoxy) is 2. The number of carbonyl (C=O) groups is 2. The smallest absolute Gasteiger partial charge is 0.306 e. The molecule has 1 saturated carbocycles. The van der Waals surface area contributed by atoms with Crippen molar-refractivity contribution in [3.8, 4) is 0 Å². The van der Waals surface area contributed by atoms with Gasteiger partial charge in [0.25, 0.3) is 0 Å². The van der Waals surface area contributed by atoms with Gasteiger partial charge in [0.2, 0.25) is 0 Å². The lowest BCUT2D eigenvalue weighted by Gasteiger charge is -2.19. The van der Waals surface area contributed by atoms with Crippen LogP contribution in [0.15, 0.2) is 24.3 Å². The molecule has 1 rings (SSSR count). The summed E-state index contributed by atoms with van der Waals surface area (Å²) >= 11 is 0. The SMILES string of the molecule is CCCCC[C@H](O)/C=C/[C@@H]1[C@@H](C/C=C/CCCC(=O)O[C@@H](CO)COC(=O)CCCCCCCCCCCCC(C)CC)[C@@H](O)C[C@H]1O. The van der Waals surface area contributed by atoms with Gasteiger partial charge >= 0.3 is 11.9 Å². The van der Waals surface area contributed by atoms with Gasteiger partial charge in [-0.2, -0.15) is 0 Å². The summed E-state index contributed by atoms with van der Waals surface area (Å²) in [6.07, 6.45) is 26.1. The number of allylic oxidation sites excluding steroid dienone is 2. The number of aliphatic hydroxyl groups excluding tert-OH is 4. The Morgan fingerprint density at radius 2 is 1.42 bits per heavy atom. The lowest BCUT2D eigenvalue weighted by atomic mass is 9.89. The van der Waals surface area contributed by atoms with Crippen molar-refractivity contribution in [2.45, 2.75) is 186 Å². The molecule has 8 heteroatoms. The standard InChI is InChI=1S/C40H72O8/c1-4-6-17-23-33(42)27-28-36-35(37(43)29-38(36)44)24-19-15-16-21-26-40(46)48-34(30-41)31-47-39(45)25-20-14-12-10-8-7-9-11-13-18-22-32(3)5-2/h15,19,27-28,32-38,41-44H,4-14,16-18,20-26,29-31H2,1-3H3/b19-15+,28-27+/t32?,33-,34-,35+,36+,37-,38+/m0/s1. The Balaban J connectivity index is 2.14. The highest BCUT2D eigenvalue weighted by Gasteiger charge is 2.39. The van der Waals surface area contributed by atoms with Crippen LogP contribution in [0.1, 0.15) is 162 Å². The fourth-order valence-corrected chi connectivity index (χ4v) is 6.41.